The van der Waals surface area contributed by atoms with Gasteiger partial charge < -0.3 is 5.32 Å². The maximum Gasteiger partial charge on any atom is 0.244 e. The van der Waals surface area contributed by atoms with Crippen LogP contribution in [0.1, 0.15) is 48.1 Å². The Balaban J connectivity index is 1.64. The van der Waals surface area contributed by atoms with E-state index in [-0.39, 0.29) is 11.9 Å². The van der Waals surface area contributed by atoms with E-state index in [4.69, 9.17) is 0 Å². The largest absolute Gasteiger partial charge is 0.346 e. The number of thiophene rings is 1. The predicted octanol–water partition coefficient (Wildman–Crippen LogP) is 4.52. The summed E-state index contributed by atoms with van der Waals surface area (Å²) in [5, 5.41) is 7.07. The summed E-state index contributed by atoms with van der Waals surface area (Å²) in [6.45, 7) is 2.04. The minimum Gasteiger partial charge on any atom is -0.346 e. The highest BCUT2D eigenvalue weighted by molar-refractivity contribution is 7.08. The fourth-order valence-electron chi connectivity index (χ4n) is 2.91. The molecule has 1 atom stereocenters. The quantitative estimate of drug-likeness (QED) is 0.827. The number of rotatable bonds is 4. The molecule has 0 fully saturated rings. The van der Waals surface area contributed by atoms with Crippen molar-refractivity contribution in [1.29, 1.82) is 0 Å². The molecule has 2 aromatic rings. The van der Waals surface area contributed by atoms with Crippen LogP contribution in [0.3, 0.4) is 0 Å². The summed E-state index contributed by atoms with van der Waals surface area (Å²) >= 11 is 1.63. The van der Waals surface area contributed by atoms with E-state index in [1.807, 2.05) is 29.8 Å². The fraction of sp³-hybridized carbons (Fsp3) is 0.316. The van der Waals surface area contributed by atoms with E-state index in [1.165, 1.54) is 42.4 Å². The molecule has 1 heterocycles. The topological polar surface area (TPSA) is 29.1 Å². The maximum absolute atomic E-state index is 12.0. The number of hydrogen-bond acceptors (Lipinski definition) is 2. The van der Waals surface area contributed by atoms with Crippen molar-refractivity contribution in [3.05, 3.63) is 63.4 Å². The lowest BCUT2D eigenvalue weighted by Crippen LogP contribution is -2.24. The molecule has 1 N–H and O–H groups in total. The number of aryl methyl sites for hydroxylation is 2. The molecule has 1 aromatic carbocycles. The van der Waals surface area contributed by atoms with Crippen LogP contribution in [0.25, 0.3) is 6.08 Å². The van der Waals surface area contributed by atoms with Gasteiger partial charge in [0.15, 0.2) is 0 Å². The first-order chi connectivity index (χ1) is 10.7. The molecular formula is C19H21NOS. The van der Waals surface area contributed by atoms with Gasteiger partial charge in [0.05, 0.1) is 6.04 Å². The number of nitrogens with one attached hydrogen (secondary N) is 1. The van der Waals surface area contributed by atoms with Crippen molar-refractivity contribution in [3.63, 3.8) is 0 Å². The van der Waals surface area contributed by atoms with E-state index < -0.39 is 0 Å². The third kappa shape index (κ3) is 3.66. The molecule has 1 aliphatic carbocycles. The lowest BCUT2D eigenvalue weighted by atomic mass is 9.89. The standard InChI is InChI=1S/C19H21NOS/c1-14(20-19(21)9-6-15-10-11-22-13-15)17-8-7-16-4-2-3-5-18(16)12-17/h6-14H,2-5H2,1H3,(H,20,21)/b9-6+. The van der Waals surface area contributed by atoms with E-state index in [0.29, 0.717) is 0 Å². The van der Waals surface area contributed by atoms with Gasteiger partial charge in [0.25, 0.3) is 0 Å². The van der Waals surface area contributed by atoms with Crippen molar-refractivity contribution in [1.82, 2.24) is 5.32 Å². The van der Waals surface area contributed by atoms with Gasteiger partial charge in [0, 0.05) is 6.08 Å². The molecule has 3 heteroatoms. The van der Waals surface area contributed by atoms with Crippen LogP contribution in [0.5, 0.6) is 0 Å². The fourth-order valence-corrected chi connectivity index (χ4v) is 3.54. The Labute approximate surface area is 135 Å². The molecule has 1 aliphatic rings. The molecule has 0 saturated heterocycles. The lowest BCUT2D eigenvalue weighted by Gasteiger charge is -2.19. The first kappa shape index (κ1) is 15.0. The summed E-state index contributed by atoms with van der Waals surface area (Å²) in [5.41, 5.74) is 5.20. The molecule has 0 spiro atoms. The smallest absolute Gasteiger partial charge is 0.244 e. The van der Waals surface area contributed by atoms with Gasteiger partial charge in [0.1, 0.15) is 0 Å². The maximum atomic E-state index is 12.0. The summed E-state index contributed by atoms with van der Waals surface area (Å²) in [6.07, 6.45) is 8.40. The molecule has 1 amide bonds. The van der Waals surface area contributed by atoms with Gasteiger partial charge in [-0.25, -0.2) is 0 Å². The normalized spacial score (nSPS) is 15.5. The summed E-state index contributed by atoms with van der Waals surface area (Å²) in [6, 6.07) is 8.68. The molecule has 3 rings (SSSR count). The van der Waals surface area contributed by atoms with Gasteiger partial charge in [-0.2, -0.15) is 11.3 Å². The number of hydrogen-bond donors (Lipinski definition) is 1. The van der Waals surface area contributed by atoms with Crippen LogP contribution in [-0.2, 0) is 17.6 Å². The molecule has 2 nitrogen and oxygen atoms in total. The van der Waals surface area contributed by atoms with Crippen LogP contribution in [0.2, 0.25) is 0 Å². The Hall–Kier alpha value is -1.87. The minimum atomic E-state index is -0.0450. The second kappa shape index (κ2) is 6.93. The molecule has 22 heavy (non-hydrogen) atoms. The molecule has 0 bridgehead atoms. The number of fused-ring (bicyclic) bond motifs is 1. The number of amides is 1. The summed E-state index contributed by atoms with van der Waals surface area (Å²) in [5.74, 6) is -0.0450. The Morgan fingerprint density at radius 1 is 1.23 bits per heavy atom. The van der Waals surface area contributed by atoms with Gasteiger partial charge in [-0.05, 0) is 77.8 Å². The summed E-state index contributed by atoms with van der Waals surface area (Å²) in [4.78, 5) is 12.0. The van der Waals surface area contributed by atoms with Gasteiger partial charge in [-0.3, -0.25) is 4.79 Å². The van der Waals surface area contributed by atoms with Crippen LogP contribution < -0.4 is 5.32 Å². The van der Waals surface area contributed by atoms with Crippen molar-refractivity contribution in [2.75, 3.05) is 0 Å². The van der Waals surface area contributed by atoms with Crippen LogP contribution in [0, 0.1) is 0 Å². The van der Waals surface area contributed by atoms with E-state index in [9.17, 15) is 4.79 Å². The number of carbonyl (C=O) groups is 1. The molecular weight excluding hydrogens is 290 g/mol. The zero-order chi connectivity index (χ0) is 15.4. The van der Waals surface area contributed by atoms with E-state index in [1.54, 1.807) is 17.4 Å². The molecule has 0 aliphatic heterocycles. The Morgan fingerprint density at radius 2 is 2.05 bits per heavy atom. The first-order valence-electron chi connectivity index (χ1n) is 7.85. The van der Waals surface area contributed by atoms with Crippen LogP contribution >= 0.6 is 11.3 Å². The summed E-state index contributed by atoms with van der Waals surface area (Å²) < 4.78 is 0. The third-order valence-corrected chi connectivity index (χ3v) is 4.90. The van der Waals surface area contributed by atoms with E-state index >= 15 is 0 Å². The zero-order valence-corrected chi connectivity index (χ0v) is 13.7. The van der Waals surface area contributed by atoms with Crippen molar-refractivity contribution in [2.45, 2.75) is 38.6 Å². The SMILES string of the molecule is CC(NC(=O)/C=C/c1ccsc1)c1ccc2c(c1)CCCC2. The second-order valence-corrected chi connectivity index (χ2v) is 6.64. The predicted molar refractivity (Wildman–Crippen MR) is 93.0 cm³/mol. The van der Waals surface area contributed by atoms with Gasteiger partial charge in [0.2, 0.25) is 5.91 Å². The number of carbonyl (C=O) groups excluding carboxylic acids is 1. The average molecular weight is 311 g/mol. The Kier molecular flexibility index (Phi) is 4.74. The molecule has 0 saturated carbocycles. The molecule has 1 aromatic heterocycles. The molecule has 1 unspecified atom stereocenters. The van der Waals surface area contributed by atoms with Gasteiger partial charge >= 0.3 is 0 Å². The van der Waals surface area contributed by atoms with E-state index in [0.717, 1.165) is 5.56 Å². The second-order valence-electron chi connectivity index (χ2n) is 5.86. The monoisotopic (exact) mass is 311 g/mol. The highest BCUT2D eigenvalue weighted by Crippen LogP contribution is 2.24. The lowest BCUT2D eigenvalue weighted by molar-refractivity contribution is -0.117. The van der Waals surface area contributed by atoms with Crippen molar-refractivity contribution >= 4 is 23.3 Å². The third-order valence-electron chi connectivity index (χ3n) is 4.20. The van der Waals surface area contributed by atoms with Crippen LogP contribution in [0.15, 0.2) is 41.1 Å². The highest BCUT2D eigenvalue weighted by Gasteiger charge is 2.13. The van der Waals surface area contributed by atoms with Crippen LogP contribution in [-0.4, -0.2) is 5.91 Å². The highest BCUT2D eigenvalue weighted by atomic mass is 32.1. The Bertz CT molecular complexity index is 673. The van der Waals surface area contributed by atoms with Crippen molar-refractivity contribution < 1.29 is 4.79 Å². The van der Waals surface area contributed by atoms with Gasteiger partial charge in [-0.15, -0.1) is 0 Å². The van der Waals surface area contributed by atoms with Crippen LogP contribution in [0.4, 0.5) is 0 Å². The number of benzene rings is 1. The zero-order valence-electron chi connectivity index (χ0n) is 12.8. The summed E-state index contributed by atoms with van der Waals surface area (Å²) in [7, 11) is 0. The molecule has 0 radical (unpaired) electrons. The average Bonchev–Trinajstić information content (AvgIpc) is 3.06. The minimum absolute atomic E-state index is 0.0341. The Morgan fingerprint density at radius 3 is 2.82 bits per heavy atom. The van der Waals surface area contributed by atoms with Crippen molar-refractivity contribution in [3.8, 4) is 0 Å². The van der Waals surface area contributed by atoms with Gasteiger partial charge in [-0.1, -0.05) is 18.2 Å². The molecule has 114 valence electrons. The van der Waals surface area contributed by atoms with Crippen molar-refractivity contribution in [2.24, 2.45) is 0 Å². The first-order valence-corrected chi connectivity index (χ1v) is 8.79. The van der Waals surface area contributed by atoms with E-state index in [2.05, 4.69) is 23.5 Å².